The average Bonchev–Trinajstić information content (AvgIpc) is 3.81. The van der Waals surface area contributed by atoms with Crippen molar-refractivity contribution < 1.29 is 50.9 Å². The highest BCUT2D eigenvalue weighted by Gasteiger charge is 2.53. The smallest absolute Gasteiger partial charge is 0.325 e. The van der Waals surface area contributed by atoms with Gasteiger partial charge in [-0.05, 0) is 29.7 Å². The lowest BCUT2D eigenvalue weighted by atomic mass is 10.1. The molecule has 5 N–H and O–H groups in total. The Morgan fingerprint density at radius 2 is 1.45 bits per heavy atom. The first-order valence-corrected chi connectivity index (χ1v) is 19.8. The van der Waals surface area contributed by atoms with Crippen molar-refractivity contribution in [2.75, 3.05) is 37.4 Å². The third kappa shape index (κ3) is 6.21. The molecule has 4 aromatic rings. The zero-order valence-corrected chi connectivity index (χ0v) is 28.1. The van der Waals surface area contributed by atoms with E-state index in [0.29, 0.717) is 11.3 Å². The Morgan fingerprint density at radius 1 is 0.837 bits per heavy atom. The molecule has 0 spiro atoms. The summed E-state index contributed by atoms with van der Waals surface area (Å²) in [7, 11) is 0. The number of imidazole rings is 2. The number of fused-ring (bicyclic) bond motifs is 10. The Labute approximate surface area is 284 Å². The minimum absolute atomic E-state index is 0.0229. The van der Waals surface area contributed by atoms with Gasteiger partial charge in [0.05, 0.1) is 25.9 Å². The van der Waals surface area contributed by atoms with Gasteiger partial charge >= 0.3 is 13.4 Å². The fraction of sp³-hybridized carbons (Fsp3) is 0.500. The first-order valence-electron chi connectivity index (χ1n) is 14.6. The molecule has 0 aromatic carbocycles. The van der Waals surface area contributed by atoms with E-state index in [-0.39, 0.29) is 41.8 Å². The van der Waals surface area contributed by atoms with Crippen LogP contribution in [0, 0.1) is 0 Å². The van der Waals surface area contributed by atoms with Gasteiger partial charge < -0.3 is 44.1 Å². The zero-order valence-electron chi connectivity index (χ0n) is 24.7. The van der Waals surface area contributed by atoms with Gasteiger partial charge in [-0.15, -0.1) is 0 Å². The Kier molecular flexibility index (Phi) is 8.61. The minimum Gasteiger partial charge on any atom is -0.472 e. The molecule has 0 aliphatic carbocycles. The fourth-order valence-electron chi connectivity index (χ4n) is 5.85. The summed E-state index contributed by atoms with van der Waals surface area (Å²) in [5.74, 6) is 0.175. The number of alkyl halides is 2. The van der Waals surface area contributed by atoms with Crippen LogP contribution in [0.4, 0.5) is 20.5 Å². The van der Waals surface area contributed by atoms with Gasteiger partial charge in [0.1, 0.15) is 37.4 Å². The highest BCUT2D eigenvalue weighted by molar-refractivity contribution is 8.07. The second-order valence-electron chi connectivity index (χ2n) is 11.1. The zero-order chi connectivity index (χ0) is 34.1. The van der Waals surface area contributed by atoms with E-state index in [1.54, 1.807) is 12.2 Å². The van der Waals surface area contributed by atoms with Crippen molar-refractivity contribution in [3.63, 3.8) is 0 Å². The number of ether oxygens (including phenoxy) is 3. The van der Waals surface area contributed by atoms with Gasteiger partial charge in [-0.2, -0.15) is 9.97 Å². The van der Waals surface area contributed by atoms with Crippen LogP contribution in [0.15, 0.2) is 31.1 Å². The molecule has 5 aliphatic rings. The molecule has 3 saturated heterocycles. The van der Waals surface area contributed by atoms with Crippen LogP contribution in [0.5, 0.6) is 5.88 Å². The van der Waals surface area contributed by atoms with Gasteiger partial charge in [0.2, 0.25) is 11.8 Å². The van der Waals surface area contributed by atoms with Crippen LogP contribution in [-0.2, 0) is 51.2 Å². The standard InChI is InChI=1S/C24H26F2N10O9P2S2/c25-12-16-10-5-40-47(38,49)45-17-11(6-41-46(37,48)44-16)43-23(13(17)26)36-9-32-15-20(36)33-24(27)34-21(15)39-4-2-1-3-28-18-14-19(30-7-29-18)35(8-31-14)22(12)42-10/h1-2,7-13,16-17,22-23H,3-6H2,(H,37,48)(H,38,49)(H2,27,33,34)(H,28,29,30)/b2-1+/t10-,11-,12-,13-,16-,17-,22-,23-,46?,47?/m1/s1. The maximum Gasteiger partial charge on any atom is 0.325 e. The summed E-state index contributed by atoms with van der Waals surface area (Å²) in [6.45, 7) is -9.43. The van der Waals surface area contributed by atoms with Gasteiger partial charge in [0.25, 0.3) is 0 Å². The maximum absolute atomic E-state index is 16.3. The Morgan fingerprint density at radius 3 is 2.10 bits per heavy atom. The molecule has 0 radical (unpaired) electrons. The third-order valence-electron chi connectivity index (χ3n) is 8.03. The maximum atomic E-state index is 16.3. The summed E-state index contributed by atoms with van der Waals surface area (Å²) in [5.41, 5.74) is 6.68. The first-order chi connectivity index (χ1) is 23.5. The monoisotopic (exact) mass is 762 g/mol. The fourth-order valence-corrected chi connectivity index (χ4v) is 8.73. The van der Waals surface area contributed by atoms with Crippen LogP contribution in [-0.4, -0.2) is 112 Å². The second-order valence-corrected chi connectivity index (χ2v) is 16.7. The predicted molar refractivity (Wildman–Crippen MR) is 170 cm³/mol. The summed E-state index contributed by atoms with van der Waals surface area (Å²) in [6, 6.07) is 0. The number of nitrogen functional groups attached to an aromatic ring is 1. The SMILES string of the molecule is Nc1nc2c3ncn(c3n1)[C@@H]1O[C@@H]3COP(O)(=S)O[C@H]4[C@@H](F)[C@@H](O[C@@H]4COP(O)(=S)O[C@H]3[C@H]1F)n1cnc3c(ncnc31)NC/C=C/CO2. The molecule has 19 nitrogen and oxygen atoms in total. The van der Waals surface area contributed by atoms with Gasteiger partial charge in [0.15, 0.2) is 52.9 Å². The average molecular weight is 763 g/mol. The van der Waals surface area contributed by atoms with Crippen LogP contribution in [0.1, 0.15) is 12.5 Å². The summed E-state index contributed by atoms with van der Waals surface area (Å²) in [5, 5.41) is 3.11. The lowest BCUT2D eigenvalue weighted by molar-refractivity contribution is -0.0583. The molecule has 5 aliphatic heterocycles. The molecular formula is C24H26F2N10O9P2S2. The summed E-state index contributed by atoms with van der Waals surface area (Å²) < 4.78 is 75.2. The topological polar surface area (TPSA) is 230 Å². The van der Waals surface area contributed by atoms with Gasteiger partial charge in [-0.25, -0.2) is 28.7 Å². The van der Waals surface area contributed by atoms with E-state index in [0.717, 1.165) is 0 Å². The molecule has 25 heteroatoms. The van der Waals surface area contributed by atoms with Crippen molar-refractivity contribution in [3.8, 4) is 5.88 Å². The molecule has 3 fully saturated rings. The van der Waals surface area contributed by atoms with E-state index in [2.05, 4.69) is 35.2 Å². The largest absolute Gasteiger partial charge is 0.472 e. The van der Waals surface area contributed by atoms with E-state index in [9.17, 15) is 9.79 Å². The number of anilines is 2. The van der Waals surface area contributed by atoms with E-state index in [1.165, 1.54) is 28.1 Å². The molecule has 0 amide bonds. The Hall–Kier alpha value is -2.92. The number of nitrogens with two attached hydrogens (primary N) is 1. The number of rotatable bonds is 0. The number of hydrogen-bond acceptors (Lipinski definition) is 17. The molecular weight excluding hydrogens is 736 g/mol. The number of halogens is 2. The van der Waals surface area contributed by atoms with Crippen molar-refractivity contribution in [1.82, 2.24) is 39.0 Å². The Balaban J connectivity index is 1.22. The third-order valence-corrected chi connectivity index (χ3v) is 11.2. The first kappa shape index (κ1) is 33.2. The minimum atomic E-state index is -4.27. The number of nitrogens with one attached hydrogen (secondary N) is 1. The summed E-state index contributed by atoms with van der Waals surface area (Å²) >= 11 is 10.4. The Bertz CT molecular complexity index is 2050. The molecule has 0 saturated carbocycles. The lowest BCUT2D eigenvalue weighted by Crippen LogP contribution is -2.37. The van der Waals surface area contributed by atoms with Crippen LogP contribution in [0.3, 0.4) is 0 Å². The lowest BCUT2D eigenvalue weighted by Gasteiger charge is -2.29. The van der Waals surface area contributed by atoms with Gasteiger partial charge in [0, 0.05) is 6.54 Å². The van der Waals surface area contributed by atoms with Crippen molar-refractivity contribution in [2.24, 2.45) is 0 Å². The van der Waals surface area contributed by atoms with E-state index >= 15 is 8.78 Å². The number of hydrogen-bond donors (Lipinski definition) is 4. The van der Waals surface area contributed by atoms with Gasteiger partial charge in [-0.1, -0.05) is 6.08 Å². The quantitative estimate of drug-likeness (QED) is 0.146. The summed E-state index contributed by atoms with van der Waals surface area (Å²) in [4.78, 5) is 47.6. The molecule has 9 rings (SSSR count). The van der Waals surface area contributed by atoms with Crippen molar-refractivity contribution in [2.45, 2.75) is 49.2 Å². The molecule has 49 heavy (non-hydrogen) atoms. The highest BCUT2D eigenvalue weighted by atomic mass is 32.5. The summed E-state index contributed by atoms with van der Waals surface area (Å²) in [6.07, 6.45) is -5.50. The van der Waals surface area contributed by atoms with Crippen LogP contribution >= 0.6 is 13.4 Å². The van der Waals surface area contributed by atoms with E-state index in [4.69, 9.17) is 61.7 Å². The van der Waals surface area contributed by atoms with Crippen LogP contribution in [0.25, 0.3) is 22.3 Å². The predicted octanol–water partition coefficient (Wildman–Crippen LogP) is 1.33. The molecule has 2 unspecified atom stereocenters. The van der Waals surface area contributed by atoms with E-state index in [1.807, 2.05) is 0 Å². The molecule has 10 atom stereocenters. The van der Waals surface area contributed by atoms with Gasteiger partial charge in [-0.3, -0.25) is 18.2 Å². The molecule has 14 bridgehead atoms. The molecule has 4 aromatic heterocycles. The highest BCUT2D eigenvalue weighted by Crippen LogP contribution is 2.54. The van der Waals surface area contributed by atoms with Crippen LogP contribution in [0.2, 0.25) is 0 Å². The van der Waals surface area contributed by atoms with Crippen molar-refractivity contribution >= 4 is 71.1 Å². The van der Waals surface area contributed by atoms with E-state index < -0.39 is 75.9 Å². The molecule has 262 valence electrons. The number of aromatic nitrogens is 8. The van der Waals surface area contributed by atoms with Crippen LogP contribution < -0.4 is 15.8 Å². The molecule has 9 heterocycles. The van der Waals surface area contributed by atoms with Crippen molar-refractivity contribution in [1.29, 1.82) is 0 Å². The van der Waals surface area contributed by atoms with Crippen molar-refractivity contribution in [3.05, 3.63) is 31.1 Å². The normalized spacial score (nSPS) is 37.5. The second kappa shape index (κ2) is 12.7. The number of nitrogens with zero attached hydrogens (tertiary/aromatic N) is 8.